The van der Waals surface area contributed by atoms with E-state index in [4.69, 9.17) is 11.5 Å². The van der Waals surface area contributed by atoms with Gasteiger partial charge in [-0.1, -0.05) is 31.0 Å². The number of anilines is 3. The molecule has 0 radical (unpaired) electrons. The number of rotatable bonds is 9. The van der Waals surface area contributed by atoms with Gasteiger partial charge in [-0.2, -0.15) is 0 Å². The summed E-state index contributed by atoms with van der Waals surface area (Å²) in [5, 5.41) is 0. The number of hydrazine groups is 1. The van der Waals surface area contributed by atoms with Crippen molar-refractivity contribution in [3.63, 3.8) is 0 Å². The Balaban J connectivity index is 0.00000336. The molecule has 2 aromatic rings. The van der Waals surface area contributed by atoms with Gasteiger partial charge in [-0.05, 0) is 62.2 Å². The second-order valence-electron chi connectivity index (χ2n) is 10.3. The monoisotopic (exact) mass is 559 g/mol. The van der Waals surface area contributed by atoms with Crippen molar-refractivity contribution in [2.45, 2.75) is 54.4 Å². The van der Waals surface area contributed by atoms with Gasteiger partial charge in [0.1, 0.15) is 0 Å². The Morgan fingerprint density at radius 1 is 0.895 bits per heavy atom. The quantitative estimate of drug-likeness (QED) is 0.345. The summed E-state index contributed by atoms with van der Waals surface area (Å²) in [7, 11) is 0. The minimum absolute atomic E-state index is 0. The molecule has 0 bridgehead atoms. The first-order valence-corrected chi connectivity index (χ1v) is 14.6. The third-order valence-electron chi connectivity index (χ3n) is 7.73. The molecular weight excluding hydrogens is 518 g/mol. The number of piperazine rings is 1. The standard InChI is InChI=1S/C28H41N7OS.ClH/c29-11-4-13-35-24-9-7-21(28(36)32-31-22-5-2-1-3-6-22)19-26(24)37-27-20-23(8-10-25(27)35)34-17-15-33(14-12-30)16-18-34;/h7-10,19-20,22,31H,1-6,11-18,29-30H2,(H,32,36);1H. The minimum atomic E-state index is -0.0719. The van der Waals surface area contributed by atoms with Gasteiger partial charge in [-0.15, -0.1) is 12.4 Å². The van der Waals surface area contributed by atoms with Crippen molar-refractivity contribution < 1.29 is 4.79 Å². The van der Waals surface area contributed by atoms with Crippen LogP contribution in [0.4, 0.5) is 17.1 Å². The molecule has 1 amide bonds. The molecule has 208 valence electrons. The Kier molecular flexibility index (Phi) is 10.6. The normalized spacial score (nSPS) is 17.9. The highest BCUT2D eigenvalue weighted by atomic mass is 35.5. The molecule has 1 saturated carbocycles. The average Bonchev–Trinajstić information content (AvgIpc) is 2.94. The van der Waals surface area contributed by atoms with E-state index in [-0.39, 0.29) is 18.3 Å². The van der Waals surface area contributed by atoms with E-state index in [1.165, 1.54) is 35.5 Å². The van der Waals surface area contributed by atoms with Gasteiger partial charge in [0, 0.05) is 72.9 Å². The first-order valence-electron chi connectivity index (χ1n) is 13.8. The number of amides is 1. The zero-order valence-electron chi connectivity index (χ0n) is 22.2. The van der Waals surface area contributed by atoms with Crippen molar-refractivity contribution in [1.29, 1.82) is 0 Å². The Morgan fingerprint density at radius 3 is 2.32 bits per heavy atom. The Hall–Kier alpha value is -2.01. The number of nitrogens with one attached hydrogen (secondary N) is 2. The predicted octanol–water partition coefficient (Wildman–Crippen LogP) is 3.71. The zero-order valence-corrected chi connectivity index (χ0v) is 23.8. The van der Waals surface area contributed by atoms with E-state index in [0.29, 0.717) is 24.7 Å². The molecular formula is C28H42ClN7OS. The summed E-state index contributed by atoms with van der Waals surface area (Å²) in [5.74, 6) is -0.0719. The minimum Gasteiger partial charge on any atom is -0.369 e. The average molecular weight is 560 g/mol. The molecule has 3 aliphatic rings. The molecule has 38 heavy (non-hydrogen) atoms. The number of carbonyl (C=O) groups is 1. The van der Waals surface area contributed by atoms with Crippen LogP contribution in [0.1, 0.15) is 48.9 Å². The lowest BCUT2D eigenvalue weighted by Gasteiger charge is -2.37. The third kappa shape index (κ3) is 6.76. The number of nitrogens with two attached hydrogens (primary N) is 2. The van der Waals surface area contributed by atoms with Crippen LogP contribution in [0.25, 0.3) is 0 Å². The predicted molar refractivity (Wildman–Crippen MR) is 160 cm³/mol. The van der Waals surface area contributed by atoms with E-state index in [1.54, 1.807) is 11.8 Å². The molecule has 0 spiro atoms. The maximum atomic E-state index is 13.0. The largest absolute Gasteiger partial charge is 0.369 e. The van der Waals surface area contributed by atoms with Crippen molar-refractivity contribution in [1.82, 2.24) is 15.8 Å². The molecule has 5 rings (SSSR count). The number of carbonyl (C=O) groups excluding carboxylic acids is 1. The zero-order chi connectivity index (χ0) is 25.6. The lowest BCUT2D eigenvalue weighted by Crippen LogP contribution is -2.47. The molecule has 8 nitrogen and oxygen atoms in total. The smallest absolute Gasteiger partial charge is 0.265 e. The molecule has 2 heterocycles. The second-order valence-corrected chi connectivity index (χ2v) is 11.4. The lowest BCUT2D eigenvalue weighted by atomic mass is 9.96. The van der Waals surface area contributed by atoms with E-state index in [2.05, 4.69) is 49.8 Å². The van der Waals surface area contributed by atoms with Gasteiger partial charge in [0.25, 0.3) is 5.91 Å². The molecule has 2 aliphatic heterocycles. The maximum absolute atomic E-state index is 13.0. The van der Waals surface area contributed by atoms with Crippen LogP contribution in [0.15, 0.2) is 46.2 Å². The second kappa shape index (κ2) is 13.9. The molecule has 2 fully saturated rings. The van der Waals surface area contributed by atoms with Crippen LogP contribution in [0, 0.1) is 0 Å². The first kappa shape index (κ1) is 29.0. The van der Waals surface area contributed by atoms with Crippen molar-refractivity contribution in [2.75, 3.05) is 62.2 Å². The summed E-state index contributed by atoms with van der Waals surface area (Å²) in [6.07, 6.45) is 6.90. The van der Waals surface area contributed by atoms with Gasteiger partial charge >= 0.3 is 0 Å². The Labute approximate surface area is 237 Å². The summed E-state index contributed by atoms with van der Waals surface area (Å²) < 4.78 is 0. The molecule has 6 N–H and O–H groups in total. The fraction of sp³-hybridized carbons (Fsp3) is 0.536. The Bertz CT molecular complexity index is 1070. The van der Waals surface area contributed by atoms with Crippen LogP contribution in [-0.2, 0) is 0 Å². The molecule has 0 aromatic heterocycles. The molecule has 1 saturated heterocycles. The summed E-state index contributed by atoms with van der Waals surface area (Å²) in [5.41, 5.74) is 22.2. The SMILES string of the molecule is Cl.NCCCN1c2ccc(C(=O)NNC3CCCCC3)cc2Sc2cc(N3CCN(CCN)CC3)ccc21. The fourth-order valence-corrected chi connectivity index (χ4v) is 6.77. The van der Waals surface area contributed by atoms with Gasteiger partial charge in [-0.25, -0.2) is 5.43 Å². The summed E-state index contributed by atoms with van der Waals surface area (Å²) in [6.45, 7) is 7.28. The number of nitrogens with zero attached hydrogens (tertiary/aromatic N) is 3. The summed E-state index contributed by atoms with van der Waals surface area (Å²) in [6, 6.07) is 13.2. The number of hydrogen-bond acceptors (Lipinski definition) is 8. The van der Waals surface area contributed by atoms with Crippen molar-refractivity contribution in [3.05, 3.63) is 42.0 Å². The van der Waals surface area contributed by atoms with E-state index in [0.717, 1.165) is 69.1 Å². The van der Waals surface area contributed by atoms with Gasteiger partial charge in [0.05, 0.1) is 11.4 Å². The molecule has 2 aromatic carbocycles. The highest BCUT2D eigenvalue weighted by Gasteiger charge is 2.26. The van der Waals surface area contributed by atoms with Gasteiger partial charge in [-0.3, -0.25) is 15.1 Å². The van der Waals surface area contributed by atoms with Crippen LogP contribution >= 0.6 is 24.2 Å². The maximum Gasteiger partial charge on any atom is 0.265 e. The van der Waals surface area contributed by atoms with Crippen molar-refractivity contribution >= 4 is 47.1 Å². The number of fused-ring (bicyclic) bond motifs is 2. The van der Waals surface area contributed by atoms with E-state index >= 15 is 0 Å². The molecule has 1 aliphatic carbocycles. The van der Waals surface area contributed by atoms with Crippen LogP contribution < -0.4 is 32.1 Å². The lowest BCUT2D eigenvalue weighted by molar-refractivity contribution is 0.0919. The summed E-state index contributed by atoms with van der Waals surface area (Å²) in [4.78, 5) is 22.6. The van der Waals surface area contributed by atoms with Gasteiger partial charge < -0.3 is 21.3 Å². The van der Waals surface area contributed by atoms with Crippen LogP contribution in [-0.4, -0.2) is 69.2 Å². The highest BCUT2D eigenvalue weighted by Crippen LogP contribution is 2.49. The third-order valence-corrected chi connectivity index (χ3v) is 8.82. The summed E-state index contributed by atoms with van der Waals surface area (Å²) >= 11 is 1.76. The van der Waals surface area contributed by atoms with Crippen LogP contribution in [0.5, 0.6) is 0 Å². The first-order chi connectivity index (χ1) is 18.2. The van der Waals surface area contributed by atoms with Crippen LogP contribution in [0.2, 0.25) is 0 Å². The number of halogens is 1. The fourth-order valence-electron chi connectivity index (χ4n) is 5.60. The number of hydrogen-bond donors (Lipinski definition) is 4. The molecule has 0 unspecified atom stereocenters. The van der Waals surface area contributed by atoms with E-state index in [9.17, 15) is 4.79 Å². The highest BCUT2D eigenvalue weighted by molar-refractivity contribution is 7.99. The van der Waals surface area contributed by atoms with Crippen molar-refractivity contribution in [2.24, 2.45) is 11.5 Å². The van der Waals surface area contributed by atoms with Gasteiger partial charge in [0.2, 0.25) is 0 Å². The van der Waals surface area contributed by atoms with E-state index in [1.807, 2.05) is 12.1 Å². The Morgan fingerprint density at radius 2 is 1.61 bits per heavy atom. The molecule has 10 heteroatoms. The topological polar surface area (TPSA) is 103 Å². The molecule has 0 atom stereocenters. The van der Waals surface area contributed by atoms with Crippen LogP contribution in [0.3, 0.4) is 0 Å². The van der Waals surface area contributed by atoms with E-state index < -0.39 is 0 Å². The van der Waals surface area contributed by atoms with Gasteiger partial charge in [0.15, 0.2) is 0 Å². The number of benzene rings is 2. The van der Waals surface area contributed by atoms with Crippen molar-refractivity contribution in [3.8, 4) is 0 Å².